The zero-order valence-corrected chi connectivity index (χ0v) is 14.3. The smallest absolute Gasteiger partial charge is 0.246 e. The fraction of sp³-hybridized carbons (Fsp3) is 0.684. The maximum Gasteiger partial charge on any atom is 0.246 e. The number of aromatic nitrogens is 1. The Hall–Kier alpha value is -1.62. The number of hydrogen-bond donors (Lipinski definition) is 1. The lowest BCUT2D eigenvalue weighted by Crippen LogP contribution is -2.30. The van der Waals surface area contributed by atoms with Gasteiger partial charge in [0.2, 0.25) is 11.8 Å². The van der Waals surface area contributed by atoms with Gasteiger partial charge in [0.05, 0.1) is 6.10 Å². The average Bonchev–Trinajstić information content (AvgIpc) is 3.13. The SMILES string of the molecule is O=C(COC1CCCCC1)NCc1ccc(OC2CCCC2)nc1. The van der Waals surface area contributed by atoms with Gasteiger partial charge in [-0.1, -0.05) is 25.3 Å². The number of pyridine rings is 1. The quantitative estimate of drug-likeness (QED) is 0.831. The van der Waals surface area contributed by atoms with Gasteiger partial charge in [0.1, 0.15) is 12.7 Å². The Balaban J connectivity index is 1.35. The summed E-state index contributed by atoms with van der Waals surface area (Å²) in [5.41, 5.74) is 0.972. The van der Waals surface area contributed by atoms with Crippen LogP contribution in [0.4, 0.5) is 0 Å². The third-order valence-corrected chi connectivity index (χ3v) is 4.88. The van der Waals surface area contributed by atoms with Crippen molar-refractivity contribution in [2.24, 2.45) is 0 Å². The molecule has 2 saturated carbocycles. The van der Waals surface area contributed by atoms with Gasteiger partial charge in [-0.05, 0) is 44.1 Å². The molecule has 1 amide bonds. The van der Waals surface area contributed by atoms with Gasteiger partial charge in [-0.25, -0.2) is 4.98 Å². The van der Waals surface area contributed by atoms with Crippen molar-refractivity contribution in [3.05, 3.63) is 23.9 Å². The van der Waals surface area contributed by atoms with E-state index in [2.05, 4.69) is 10.3 Å². The molecule has 24 heavy (non-hydrogen) atoms. The predicted octanol–water partition coefficient (Wildman–Crippen LogP) is 3.37. The molecule has 1 heterocycles. The van der Waals surface area contributed by atoms with E-state index in [0.29, 0.717) is 18.5 Å². The van der Waals surface area contributed by atoms with Crippen LogP contribution < -0.4 is 10.1 Å². The number of ether oxygens (including phenoxy) is 2. The van der Waals surface area contributed by atoms with E-state index in [-0.39, 0.29) is 18.6 Å². The first-order chi connectivity index (χ1) is 11.8. The standard InChI is InChI=1S/C19H28N2O3/c22-18(14-23-16-6-2-1-3-7-16)20-12-15-10-11-19(21-13-15)24-17-8-4-5-9-17/h10-11,13,16-17H,1-9,12,14H2,(H,20,22). The van der Waals surface area contributed by atoms with Gasteiger partial charge in [-0.3, -0.25) is 4.79 Å². The molecule has 0 atom stereocenters. The second-order valence-electron chi connectivity index (χ2n) is 6.88. The Bertz CT molecular complexity index is 506. The number of rotatable bonds is 7. The Kier molecular flexibility index (Phi) is 6.47. The van der Waals surface area contributed by atoms with Crippen molar-refractivity contribution < 1.29 is 14.3 Å². The lowest BCUT2D eigenvalue weighted by atomic mass is 9.98. The molecule has 2 fully saturated rings. The monoisotopic (exact) mass is 332 g/mol. The van der Waals surface area contributed by atoms with E-state index in [4.69, 9.17) is 9.47 Å². The van der Waals surface area contributed by atoms with E-state index in [1.54, 1.807) is 6.20 Å². The summed E-state index contributed by atoms with van der Waals surface area (Å²) >= 11 is 0. The fourth-order valence-electron chi connectivity index (χ4n) is 3.44. The highest BCUT2D eigenvalue weighted by atomic mass is 16.5. The van der Waals surface area contributed by atoms with Crippen LogP contribution in [-0.2, 0) is 16.1 Å². The van der Waals surface area contributed by atoms with Crippen LogP contribution in [0.25, 0.3) is 0 Å². The molecule has 1 aromatic heterocycles. The molecule has 3 rings (SSSR count). The van der Waals surface area contributed by atoms with Crippen molar-refractivity contribution in [3.8, 4) is 5.88 Å². The number of hydrogen-bond acceptors (Lipinski definition) is 4. The molecule has 5 nitrogen and oxygen atoms in total. The van der Waals surface area contributed by atoms with Crippen LogP contribution >= 0.6 is 0 Å². The zero-order valence-electron chi connectivity index (χ0n) is 14.3. The van der Waals surface area contributed by atoms with Crippen molar-refractivity contribution in [2.75, 3.05) is 6.61 Å². The summed E-state index contributed by atoms with van der Waals surface area (Å²) in [6, 6.07) is 3.85. The molecule has 132 valence electrons. The summed E-state index contributed by atoms with van der Waals surface area (Å²) in [6.45, 7) is 0.630. The minimum atomic E-state index is -0.0631. The normalized spacial score (nSPS) is 19.3. The van der Waals surface area contributed by atoms with Crippen LogP contribution in [0.2, 0.25) is 0 Å². The first kappa shape index (κ1) is 17.2. The molecule has 1 aromatic rings. The van der Waals surface area contributed by atoms with Crippen LogP contribution in [0, 0.1) is 0 Å². The van der Waals surface area contributed by atoms with Crippen LogP contribution in [0.1, 0.15) is 63.4 Å². The summed E-state index contributed by atoms with van der Waals surface area (Å²) in [5.74, 6) is 0.615. The third-order valence-electron chi connectivity index (χ3n) is 4.88. The summed E-state index contributed by atoms with van der Waals surface area (Å²) in [4.78, 5) is 16.2. The Morgan fingerprint density at radius 2 is 1.75 bits per heavy atom. The van der Waals surface area contributed by atoms with Crippen LogP contribution in [0.3, 0.4) is 0 Å². The summed E-state index contributed by atoms with van der Waals surface area (Å²) in [5, 5.41) is 2.89. The second kappa shape index (κ2) is 9.02. The topological polar surface area (TPSA) is 60.5 Å². The molecule has 0 unspecified atom stereocenters. The summed E-state index contributed by atoms with van der Waals surface area (Å²) in [6.07, 6.45) is 13.0. The molecule has 5 heteroatoms. The minimum Gasteiger partial charge on any atom is -0.474 e. The van der Waals surface area contributed by atoms with E-state index in [9.17, 15) is 4.79 Å². The van der Waals surface area contributed by atoms with Crippen LogP contribution in [0.5, 0.6) is 5.88 Å². The first-order valence-corrected chi connectivity index (χ1v) is 9.29. The van der Waals surface area contributed by atoms with Crippen LogP contribution in [-0.4, -0.2) is 29.7 Å². The number of nitrogens with one attached hydrogen (secondary N) is 1. The summed E-state index contributed by atoms with van der Waals surface area (Å²) < 4.78 is 11.5. The lowest BCUT2D eigenvalue weighted by Gasteiger charge is -2.21. The maximum absolute atomic E-state index is 11.9. The van der Waals surface area contributed by atoms with E-state index in [0.717, 1.165) is 31.2 Å². The van der Waals surface area contributed by atoms with Crippen molar-refractivity contribution in [1.82, 2.24) is 10.3 Å². The van der Waals surface area contributed by atoms with E-state index >= 15 is 0 Å². The van der Waals surface area contributed by atoms with Crippen molar-refractivity contribution >= 4 is 5.91 Å². The summed E-state index contributed by atoms with van der Waals surface area (Å²) in [7, 11) is 0. The lowest BCUT2D eigenvalue weighted by molar-refractivity contribution is -0.128. The average molecular weight is 332 g/mol. The molecule has 0 bridgehead atoms. The van der Waals surface area contributed by atoms with Gasteiger partial charge >= 0.3 is 0 Å². The molecule has 0 spiro atoms. The Morgan fingerprint density at radius 3 is 2.46 bits per heavy atom. The fourth-order valence-corrected chi connectivity index (χ4v) is 3.44. The van der Waals surface area contributed by atoms with Crippen molar-refractivity contribution in [1.29, 1.82) is 0 Å². The highest BCUT2D eigenvalue weighted by molar-refractivity contribution is 5.77. The molecule has 0 aliphatic heterocycles. The zero-order chi connectivity index (χ0) is 16.6. The molecule has 0 aromatic carbocycles. The third kappa shape index (κ3) is 5.48. The van der Waals surface area contributed by atoms with Gasteiger partial charge in [-0.15, -0.1) is 0 Å². The first-order valence-electron chi connectivity index (χ1n) is 9.29. The molecule has 0 radical (unpaired) electrons. The van der Waals surface area contributed by atoms with Crippen molar-refractivity contribution in [3.63, 3.8) is 0 Å². The maximum atomic E-state index is 11.9. The number of carbonyl (C=O) groups excluding carboxylic acids is 1. The highest BCUT2D eigenvalue weighted by Gasteiger charge is 2.17. The molecule has 2 aliphatic rings. The number of nitrogens with zero attached hydrogens (tertiary/aromatic N) is 1. The van der Waals surface area contributed by atoms with Gasteiger partial charge in [0.25, 0.3) is 0 Å². The second-order valence-corrected chi connectivity index (χ2v) is 6.88. The van der Waals surface area contributed by atoms with Gasteiger partial charge in [0, 0.05) is 18.8 Å². The molecular formula is C19H28N2O3. The molecule has 2 aliphatic carbocycles. The largest absolute Gasteiger partial charge is 0.474 e. The molecule has 0 saturated heterocycles. The van der Waals surface area contributed by atoms with Gasteiger partial charge in [0.15, 0.2) is 0 Å². The number of amides is 1. The van der Waals surface area contributed by atoms with E-state index in [1.807, 2.05) is 12.1 Å². The molecule has 1 N–H and O–H groups in total. The van der Waals surface area contributed by atoms with Gasteiger partial charge in [-0.2, -0.15) is 0 Å². The van der Waals surface area contributed by atoms with Crippen molar-refractivity contribution in [2.45, 2.75) is 76.5 Å². The van der Waals surface area contributed by atoms with E-state index < -0.39 is 0 Å². The predicted molar refractivity (Wildman–Crippen MR) is 91.8 cm³/mol. The Labute approximate surface area is 144 Å². The molecular weight excluding hydrogens is 304 g/mol. The highest BCUT2D eigenvalue weighted by Crippen LogP contribution is 2.23. The van der Waals surface area contributed by atoms with Gasteiger partial charge < -0.3 is 14.8 Å². The van der Waals surface area contributed by atoms with Crippen LogP contribution in [0.15, 0.2) is 18.3 Å². The van der Waals surface area contributed by atoms with E-state index in [1.165, 1.54) is 32.1 Å². The number of carbonyl (C=O) groups is 1. The Morgan fingerprint density at radius 1 is 1.04 bits per heavy atom. The minimum absolute atomic E-state index is 0.0631.